The summed E-state index contributed by atoms with van der Waals surface area (Å²) in [5, 5.41) is 8.88. The molecule has 0 aromatic heterocycles. The Morgan fingerprint density at radius 3 is 2.44 bits per heavy atom. The van der Waals surface area contributed by atoms with Gasteiger partial charge in [0.25, 0.3) is 5.91 Å². The zero-order valence-electron chi connectivity index (χ0n) is 14.1. The van der Waals surface area contributed by atoms with Crippen molar-refractivity contribution < 1.29 is 9.59 Å². The fourth-order valence-corrected chi connectivity index (χ4v) is 2.20. The molecule has 3 N–H and O–H groups in total. The minimum atomic E-state index is -0.336. The van der Waals surface area contributed by atoms with Gasteiger partial charge >= 0.3 is 0 Å². The predicted molar refractivity (Wildman–Crippen MR) is 94.3 cm³/mol. The molecule has 0 aliphatic heterocycles. The number of amides is 2. The third-order valence-electron chi connectivity index (χ3n) is 3.62. The monoisotopic (exact) mass is 1070 g/mol. The Labute approximate surface area is 140 Å². The van der Waals surface area contributed by atoms with E-state index in [0.29, 0.717) is 16.9 Å². The molecule has 0 unspecified atom stereocenters. The van der Waals surface area contributed by atoms with Crippen LogP contribution in [-0.2, 0) is 4.79 Å². The molecule has 1 fully saturated rings. The van der Waals surface area contributed by atoms with Gasteiger partial charge in [-0.1, -0.05) is 12.3 Å². The summed E-state index contributed by atoms with van der Waals surface area (Å²) in [4.78, 5) is 23.9. The largest absolute Gasteiger partial charge is 0.407 e. The van der Waals surface area contributed by atoms with Gasteiger partial charge in [0.05, 0.1) is 11.4 Å². The summed E-state index contributed by atoms with van der Waals surface area (Å²) in [7, 11) is 0. The second kappa shape index (κ2) is 8.53. The molecule has 1 saturated carbocycles. The van der Waals surface area contributed by atoms with E-state index < -0.39 is 0 Å². The van der Waals surface area contributed by atoms with Crippen LogP contribution in [0.1, 0.15) is 23.2 Å². The Balaban J connectivity index is 0.00000225. The maximum absolute atomic E-state index is 12.2. The predicted octanol–water partition coefficient (Wildman–Crippen LogP) is 3.25. The third kappa shape index (κ3) is 4.96. The van der Waals surface area contributed by atoms with E-state index in [1.54, 1.807) is 30.3 Å². The van der Waals surface area contributed by atoms with Gasteiger partial charge in [-0.15, -0.1) is 6.07 Å². The van der Waals surface area contributed by atoms with Crippen LogP contribution in [0.3, 0.4) is 0 Å². The summed E-state index contributed by atoms with van der Waals surface area (Å²) in [6.07, 6.45) is 3.24. The minimum absolute atomic E-state index is 0. The molecule has 0 heterocycles. The zero-order chi connectivity index (χ0) is 16.9. The van der Waals surface area contributed by atoms with E-state index in [0.717, 1.165) is 18.5 Å². The number of carbonyl (C=O) groups excluding carboxylic acids is 2. The van der Waals surface area contributed by atoms with Crippen molar-refractivity contribution in [2.24, 2.45) is 0 Å². The fraction of sp³-hybridized carbons (Fsp3) is 0.158. The van der Waals surface area contributed by atoms with Gasteiger partial charge in [-0.3, -0.25) is 9.59 Å². The van der Waals surface area contributed by atoms with Crippen molar-refractivity contribution in [3.8, 4) is 0 Å². The molecule has 2 aromatic rings. The van der Waals surface area contributed by atoms with Crippen LogP contribution in [0.5, 0.6) is 0 Å². The maximum Gasteiger partial charge on any atom is 0.251 e. The number of hydrogen-bond donors (Lipinski definition) is 3. The number of rotatable bonds is 6. The van der Waals surface area contributed by atoms with Gasteiger partial charge in [0.2, 0.25) is 5.91 Å². The van der Waals surface area contributed by atoms with E-state index in [-0.39, 0.29) is 17.9 Å². The quantitative estimate of drug-likeness (QED) is 0.308. The van der Waals surface area contributed by atoms with E-state index in [1.807, 2.05) is 12.1 Å². The van der Waals surface area contributed by atoms with Gasteiger partial charge in [0.15, 0.2) is 0 Å². The van der Waals surface area contributed by atoms with Gasteiger partial charge in [-0.25, -0.2) is 0 Å². The van der Waals surface area contributed by atoms with Crippen LogP contribution in [0.4, 0.5) is 17.1 Å². The molecule has 1 aliphatic carbocycles. The second-order valence-electron chi connectivity index (χ2n) is 5.62. The van der Waals surface area contributed by atoms with Crippen molar-refractivity contribution in [3.05, 3.63) is 66.7 Å². The van der Waals surface area contributed by atoms with E-state index >= 15 is 0 Å². The van der Waals surface area contributed by atoms with Crippen LogP contribution in [0.25, 0.3) is 0 Å². The van der Waals surface area contributed by atoms with Crippen molar-refractivity contribution in [2.75, 3.05) is 10.6 Å². The standard InChI is InChI=1S/C19H18N3O2.3Cf/c1-2-18(23)22-17-12-13(19(24)21-15-9-10-15)8-11-16(17)20-14-6-4-3-5-7-14;;;/h2-4,6-8,11-12,15,20H,1,9-10H2,(H,21,24)(H,22,23);;;/q-1;;;. The van der Waals surface area contributed by atoms with Crippen molar-refractivity contribution in [3.63, 3.8) is 0 Å². The smallest absolute Gasteiger partial charge is 0.251 e. The molecule has 152 valence electrons. The average Bonchev–Trinajstić information content (AvgIpc) is 3.41. The van der Waals surface area contributed by atoms with Crippen LogP contribution in [0, 0.1) is 6.07 Å². The molecule has 0 atom stereocenters. The maximum atomic E-state index is 12.2. The van der Waals surface area contributed by atoms with Crippen LogP contribution >= 0.6 is 0 Å². The summed E-state index contributed by atoms with van der Waals surface area (Å²) in [5.41, 5.74) is 2.55. The zero-order valence-corrected chi connectivity index (χ0v) is 22.0. The number of nitrogens with one attached hydrogen (secondary N) is 3. The Morgan fingerprint density at radius 2 is 1.85 bits per heavy atom. The van der Waals surface area contributed by atoms with Gasteiger partial charge in [-0.05, 0) is 37.1 Å². The van der Waals surface area contributed by atoms with E-state index in [4.69, 9.17) is 0 Å². The summed E-state index contributed by atoms with van der Waals surface area (Å²) in [6, 6.07) is 15.8. The molecule has 0 bridgehead atoms. The van der Waals surface area contributed by atoms with Crippen molar-refractivity contribution in [1.29, 1.82) is 0 Å². The summed E-state index contributed by atoms with van der Waals surface area (Å²) in [6.45, 7) is 3.46. The normalized spacial score (nSPS) is 11.6. The second-order valence-corrected chi connectivity index (χ2v) is 5.62. The molecule has 0 saturated heterocycles. The Morgan fingerprint density at radius 1 is 1.11 bits per heavy atom. The molecule has 2 aromatic carbocycles. The van der Waals surface area contributed by atoms with Crippen molar-refractivity contribution >= 4 is 28.9 Å². The van der Waals surface area contributed by atoms with Crippen LogP contribution < -0.4 is 16.0 Å². The van der Waals surface area contributed by atoms with Gasteiger partial charge in [0, 0.05) is 11.6 Å². The van der Waals surface area contributed by atoms with Gasteiger partial charge in [-0.2, -0.15) is 24.3 Å². The SMILES string of the molecule is C=CC(=O)Nc1cc(C(=O)NC2CC2)ccc1Nc1c[c-]ccc1.[Cf].[Cf].[Cf]. The minimum Gasteiger partial charge on any atom is -0.407 e. The summed E-state index contributed by atoms with van der Waals surface area (Å²) < 4.78 is 0. The Hall–Kier alpha value is -6.08. The van der Waals surface area contributed by atoms with E-state index in [1.165, 1.54) is 6.08 Å². The molecular weight excluding hydrogens is 1060 g/mol. The fourth-order valence-electron chi connectivity index (χ4n) is 2.20. The molecule has 1 aliphatic rings. The molecule has 3 rings (SSSR count). The Bertz CT molecular complexity index is 781. The van der Waals surface area contributed by atoms with Crippen LogP contribution in [-0.4, -0.2) is 17.9 Å². The number of anilines is 3. The van der Waals surface area contributed by atoms with Gasteiger partial charge in [0.1, 0.15) is 0 Å². The molecule has 8 heteroatoms. The number of benzene rings is 2. The topological polar surface area (TPSA) is 70.2 Å². The summed E-state index contributed by atoms with van der Waals surface area (Å²) >= 11 is 0. The Kier molecular flexibility index (Phi) is 6.61. The van der Waals surface area contributed by atoms with Crippen molar-refractivity contribution in [2.45, 2.75) is 18.9 Å². The molecule has 0 spiro atoms. The van der Waals surface area contributed by atoms with E-state index in [2.05, 4.69) is 28.6 Å². The van der Waals surface area contributed by atoms with Crippen LogP contribution in [0.15, 0.2) is 55.1 Å². The summed E-state index contributed by atoms with van der Waals surface area (Å²) in [5.74, 6) is -0.469. The first kappa shape index (κ1) is 20.9. The van der Waals surface area contributed by atoms with Crippen molar-refractivity contribution in [1.82, 2.24) is 5.32 Å². The molecule has 0 radical (unpaired) electrons. The molecule has 2 amide bonds. The average molecular weight is 1070 g/mol. The molecule has 27 heavy (non-hydrogen) atoms. The van der Waals surface area contributed by atoms with E-state index in [9.17, 15) is 9.59 Å². The van der Waals surface area contributed by atoms with Gasteiger partial charge < -0.3 is 16.0 Å². The first-order chi connectivity index (χ1) is 11.7. The molecule has 5 nitrogen and oxygen atoms in total. The number of hydrogen-bond acceptors (Lipinski definition) is 3. The van der Waals surface area contributed by atoms with Crippen LogP contribution in [0.2, 0.25) is 0 Å². The third-order valence-corrected chi connectivity index (χ3v) is 3.62. The first-order valence-corrected chi connectivity index (χ1v) is 7.77. The molecular formula is C19H18Cf3N3O2-. The first-order valence-electron chi connectivity index (χ1n) is 7.77. The number of carbonyl (C=O) groups is 2.